The van der Waals surface area contributed by atoms with E-state index in [2.05, 4.69) is 29.9 Å². The minimum absolute atomic E-state index is 0.0639. The quantitative estimate of drug-likeness (QED) is 0.735. The highest BCUT2D eigenvalue weighted by molar-refractivity contribution is 5.83. The van der Waals surface area contributed by atoms with Crippen molar-refractivity contribution in [3.8, 4) is 0 Å². The molecule has 2 atom stereocenters. The number of nitrogens with zero attached hydrogens (tertiary/aromatic N) is 6. The summed E-state index contributed by atoms with van der Waals surface area (Å²) in [4.78, 5) is 27.0. The molecule has 2 aromatic heterocycles. The maximum absolute atomic E-state index is 4.54. The van der Waals surface area contributed by atoms with Crippen molar-refractivity contribution in [3.63, 3.8) is 0 Å². The van der Waals surface area contributed by atoms with Crippen molar-refractivity contribution in [2.24, 2.45) is 20.0 Å². The Morgan fingerprint density at radius 2 is 1.00 bits per heavy atom. The average molecular weight is 346 g/mol. The maximum Gasteiger partial charge on any atom is 0.0815 e. The molecule has 4 bridgehead atoms. The van der Waals surface area contributed by atoms with Crippen LogP contribution in [0.4, 0.5) is 0 Å². The number of aromatic nitrogens is 2. The molecule has 3 rings (SSSR count). The molecular weight excluding hydrogens is 324 g/mol. The first-order chi connectivity index (χ1) is 12.7. The number of hydrogen-bond donors (Lipinski definition) is 0. The van der Waals surface area contributed by atoms with Gasteiger partial charge >= 0.3 is 0 Å². The third-order valence-corrected chi connectivity index (χ3v) is 3.69. The zero-order chi connectivity index (χ0) is 18.2. The van der Waals surface area contributed by atoms with E-state index in [0.717, 1.165) is 22.8 Å². The Kier molecular flexibility index (Phi) is 6.09. The second-order valence-electron chi connectivity index (χ2n) is 6.22. The number of pyridine rings is 2. The molecule has 0 radical (unpaired) electrons. The van der Waals surface area contributed by atoms with Gasteiger partial charge in [0.05, 0.1) is 47.9 Å². The molecule has 1 aliphatic heterocycles. The van der Waals surface area contributed by atoms with Gasteiger partial charge in [0.15, 0.2) is 0 Å². The molecule has 1 aliphatic rings. The van der Waals surface area contributed by atoms with Crippen molar-refractivity contribution in [1.82, 2.24) is 9.97 Å². The van der Waals surface area contributed by atoms with Gasteiger partial charge in [0, 0.05) is 24.9 Å². The highest BCUT2D eigenvalue weighted by Gasteiger charge is 2.00. The SMILES string of the molecule is C[C@H]1CN=Cc2cccc(n2)C=NC[C@H](C)N=Cc2cccc(n2)C=N1. The summed E-state index contributed by atoms with van der Waals surface area (Å²) in [7, 11) is 0. The molecular formula is C20H22N6. The van der Waals surface area contributed by atoms with E-state index < -0.39 is 0 Å². The van der Waals surface area contributed by atoms with Gasteiger partial charge in [0.25, 0.3) is 0 Å². The first-order valence-electron chi connectivity index (χ1n) is 8.69. The zero-order valence-electron chi connectivity index (χ0n) is 15.0. The molecule has 6 heteroatoms. The summed E-state index contributed by atoms with van der Waals surface area (Å²) in [5.74, 6) is 0. The predicted molar refractivity (Wildman–Crippen MR) is 108 cm³/mol. The van der Waals surface area contributed by atoms with Gasteiger partial charge in [-0.3, -0.25) is 20.0 Å². The Morgan fingerprint density at radius 3 is 1.42 bits per heavy atom. The standard InChI is InChI=1S/C20H22N6/c1-15-9-21-11-17-5-3-6-18(25-17)12-22-10-16(2)24-14-20-8-4-7-19(26-20)13-23-15/h3-8,11-16H,9-10H2,1-2H3/t15-,16-/m0/s1. The van der Waals surface area contributed by atoms with Crippen LogP contribution in [0.15, 0.2) is 56.4 Å². The Bertz CT molecular complexity index is 790. The van der Waals surface area contributed by atoms with Crippen molar-refractivity contribution in [1.29, 1.82) is 0 Å². The Balaban J connectivity index is 1.87. The molecule has 0 N–H and O–H groups in total. The van der Waals surface area contributed by atoms with E-state index in [9.17, 15) is 0 Å². The number of fused-ring (bicyclic) bond motifs is 4. The van der Waals surface area contributed by atoms with E-state index in [4.69, 9.17) is 0 Å². The van der Waals surface area contributed by atoms with E-state index in [1.54, 1.807) is 24.9 Å². The number of hydrogen-bond acceptors (Lipinski definition) is 6. The van der Waals surface area contributed by atoms with E-state index in [1.807, 2.05) is 50.2 Å². The van der Waals surface area contributed by atoms with Crippen molar-refractivity contribution in [2.75, 3.05) is 13.1 Å². The average Bonchev–Trinajstić information content (AvgIpc) is 2.65. The molecule has 0 saturated heterocycles. The smallest absolute Gasteiger partial charge is 0.0815 e. The van der Waals surface area contributed by atoms with Crippen LogP contribution >= 0.6 is 0 Å². The Hall–Kier alpha value is -3.02. The van der Waals surface area contributed by atoms with Crippen molar-refractivity contribution in [2.45, 2.75) is 25.9 Å². The Labute approximate surface area is 153 Å². The monoisotopic (exact) mass is 346 g/mol. The van der Waals surface area contributed by atoms with Gasteiger partial charge in [0.1, 0.15) is 0 Å². The fourth-order valence-corrected chi connectivity index (χ4v) is 2.32. The van der Waals surface area contributed by atoms with Crippen molar-refractivity contribution in [3.05, 3.63) is 59.2 Å². The molecule has 0 fully saturated rings. The maximum atomic E-state index is 4.54. The molecule has 132 valence electrons. The number of aliphatic imine (C=N–C) groups is 4. The number of rotatable bonds is 0. The van der Waals surface area contributed by atoms with Crippen LogP contribution in [0.5, 0.6) is 0 Å². The highest BCUT2D eigenvalue weighted by atomic mass is 14.9. The van der Waals surface area contributed by atoms with Gasteiger partial charge in [-0.05, 0) is 38.1 Å². The summed E-state index contributed by atoms with van der Waals surface area (Å²) >= 11 is 0. The lowest BCUT2D eigenvalue weighted by Gasteiger charge is -2.04. The second kappa shape index (κ2) is 8.89. The first-order valence-corrected chi connectivity index (χ1v) is 8.69. The molecule has 2 aromatic rings. The highest BCUT2D eigenvalue weighted by Crippen LogP contribution is 2.01. The van der Waals surface area contributed by atoms with E-state index in [1.165, 1.54) is 0 Å². The van der Waals surface area contributed by atoms with Gasteiger partial charge in [-0.1, -0.05) is 12.1 Å². The summed E-state index contributed by atoms with van der Waals surface area (Å²) < 4.78 is 0. The van der Waals surface area contributed by atoms with Crippen LogP contribution < -0.4 is 0 Å². The molecule has 0 spiro atoms. The van der Waals surface area contributed by atoms with Crippen LogP contribution in [0.2, 0.25) is 0 Å². The molecule has 0 unspecified atom stereocenters. The molecule has 0 aliphatic carbocycles. The van der Waals surface area contributed by atoms with Crippen LogP contribution in [-0.4, -0.2) is 60.0 Å². The third-order valence-electron chi connectivity index (χ3n) is 3.69. The van der Waals surface area contributed by atoms with Crippen LogP contribution in [-0.2, 0) is 0 Å². The normalized spacial score (nSPS) is 20.5. The lowest BCUT2D eigenvalue weighted by molar-refractivity contribution is 0.760. The fourth-order valence-electron chi connectivity index (χ4n) is 2.32. The van der Waals surface area contributed by atoms with E-state index in [0.29, 0.717) is 13.1 Å². The molecule has 0 aromatic carbocycles. The predicted octanol–water partition coefficient (Wildman–Crippen LogP) is 2.64. The summed E-state index contributed by atoms with van der Waals surface area (Å²) in [6.45, 7) is 5.23. The van der Waals surface area contributed by atoms with Gasteiger partial charge in [-0.2, -0.15) is 0 Å². The largest absolute Gasteiger partial charge is 0.289 e. The third kappa shape index (κ3) is 5.51. The van der Waals surface area contributed by atoms with Crippen molar-refractivity contribution >= 4 is 24.9 Å². The summed E-state index contributed by atoms with van der Waals surface area (Å²) in [6, 6.07) is 11.7. The van der Waals surface area contributed by atoms with E-state index >= 15 is 0 Å². The molecule has 0 amide bonds. The summed E-state index contributed by atoms with van der Waals surface area (Å²) in [5.41, 5.74) is 3.25. The lowest BCUT2D eigenvalue weighted by Crippen LogP contribution is -2.07. The molecule has 3 heterocycles. The van der Waals surface area contributed by atoms with Gasteiger partial charge < -0.3 is 0 Å². The van der Waals surface area contributed by atoms with Crippen LogP contribution in [0.25, 0.3) is 0 Å². The first kappa shape index (κ1) is 17.8. The van der Waals surface area contributed by atoms with Crippen LogP contribution in [0.3, 0.4) is 0 Å². The van der Waals surface area contributed by atoms with Crippen LogP contribution in [0.1, 0.15) is 36.6 Å². The summed E-state index contributed by atoms with van der Waals surface area (Å²) in [6.07, 6.45) is 7.12. The fraction of sp³-hybridized carbons (Fsp3) is 0.300. The van der Waals surface area contributed by atoms with Crippen molar-refractivity contribution < 1.29 is 0 Å². The van der Waals surface area contributed by atoms with Gasteiger partial charge in [-0.25, -0.2) is 9.97 Å². The minimum atomic E-state index is 0.0639. The molecule has 6 nitrogen and oxygen atoms in total. The Morgan fingerprint density at radius 1 is 0.615 bits per heavy atom. The van der Waals surface area contributed by atoms with Gasteiger partial charge in [-0.15, -0.1) is 0 Å². The van der Waals surface area contributed by atoms with Crippen LogP contribution in [0, 0.1) is 0 Å². The zero-order valence-corrected chi connectivity index (χ0v) is 15.0. The van der Waals surface area contributed by atoms with Gasteiger partial charge in [0.2, 0.25) is 0 Å². The molecule has 26 heavy (non-hydrogen) atoms. The second-order valence-corrected chi connectivity index (χ2v) is 6.22. The lowest BCUT2D eigenvalue weighted by atomic mass is 10.3. The van der Waals surface area contributed by atoms with E-state index in [-0.39, 0.29) is 12.1 Å². The molecule has 0 saturated carbocycles. The summed E-state index contributed by atoms with van der Waals surface area (Å²) in [5, 5.41) is 0. The minimum Gasteiger partial charge on any atom is -0.289 e. The topological polar surface area (TPSA) is 75.2 Å².